The first-order valence-electron chi connectivity index (χ1n) is 6.04. The van der Waals surface area contributed by atoms with E-state index in [0.29, 0.717) is 19.5 Å². The van der Waals surface area contributed by atoms with Gasteiger partial charge in [-0.3, -0.25) is 9.69 Å². The Labute approximate surface area is 97.6 Å². The standard InChI is InChI=1S/C12H23NO3/c1-5-6-12(4,11(14)15)13-7-9(2)16-10(3)8-13/h9-10H,5-8H2,1-4H3,(H,14,15). The van der Waals surface area contributed by atoms with Gasteiger partial charge in [0, 0.05) is 13.1 Å². The molecule has 1 heterocycles. The summed E-state index contributed by atoms with van der Waals surface area (Å²) in [5.41, 5.74) is -0.749. The van der Waals surface area contributed by atoms with Crippen LogP contribution < -0.4 is 0 Å². The maximum Gasteiger partial charge on any atom is 0.323 e. The van der Waals surface area contributed by atoms with Crippen molar-refractivity contribution >= 4 is 5.97 Å². The summed E-state index contributed by atoms with van der Waals surface area (Å²) in [5.74, 6) is -0.726. The Bertz CT molecular complexity index is 247. The van der Waals surface area contributed by atoms with E-state index in [1.54, 1.807) is 0 Å². The van der Waals surface area contributed by atoms with Crippen molar-refractivity contribution in [2.24, 2.45) is 0 Å². The molecule has 3 unspecified atom stereocenters. The molecule has 1 rings (SSSR count). The predicted molar refractivity (Wildman–Crippen MR) is 62.5 cm³/mol. The van der Waals surface area contributed by atoms with Crippen molar-refractivity contribution in [1.82, 2.24) is 4.90 Å². The largest absolute Gasteiger partial charge is 0.480 e. The van der Waals surface area contributed by atoms with Crippen LogP contribution in [-0.4, -0.2) is 46.8 Å². The SMILES string of the molecule is CCCC(C)(C(=O)O)N1CC(C)OC(C)C1. The molecule has 1 saturated heterocycles. The van der Waals surface area contributed by atoms with Gasteiger partial charge in [0.2, 0.25) is 0 Å². The van der Waals surface area contributed by atoms with Crippen LogP contribution in [0.5, 0.6) is 0 Å². The van der Waals surface area contributed by atoms with Gasteiger partial charge in [0.15, 0.2) is 0 Å². The van der Waals surface area contributed by atoms with E-state index in [-0.39, 0.29) is 12.2 Å². The lowest BCUT2D eigenvalue weighted by Gasteiger charge is -2.44. The van der Waals surface area contributed by atoms with E-state index in [1.807, 2.05) is 27.7 Å². The monoisotopic (exact) mass is 229 g/mol. The molecule has 4 heteroatoms. The normalized spacial score (nSPS) is 31.0. The molecule has 0 aliphatic carbocycles. The molecule has 3 atom stereocenters. The molecule has 1 aliphatic rings. The number of carbonyl (C=O) groups is 1. The van der Waals surface area contributed by atoms with Crippen LogP contribution in [0.3, 0.4) is 0 Å². The number of rotatable bonds is 4. The third-order valence-electron chi connectivity index (χ3n) is 3.32. The summed E-state index contributed by atoms with van der Waals surface area (Å²) in [6.45, 7) is 9.24. The van der Waals surface area contributed by atoms with Crippen LogP contribution in [0.4, 0.5) is 0 Å². The maximum atomic E-state index is 11.4. The Hall–Kier alpha value is -0.610. The number of hydrogen-bond acceptors (Lipinski definition) is 3. The number of ether oxygens (including phenoxy) is 1. The van der Waals surface area contributed by atoms with Gasteiger partial charge in [0.25, 0.3) is 0 Å². The first-order valence-corrected chi connectivity index (χ1v) is 6.04. The highest BCUT2D eigenvalue weighted by molar-refractivity contribution is 5.78. The zero-order chi connectivity index (χ0) is 12.3. The molecule has 1 aliphatic heterocycles. The number of hydrogen-bond donors (Lipinski definition) is 1. The molecule has 0 radical (unpaired) electrons. The first-order chi connectivity index (χ1) is 7.40. The van der Waals surface area contributed by atoms with Crippen molar-refractivity contribution < 1.29 is 14.6 Å². The number of carboxylic acid groups (broad SMARTS) is 1. The van der Waals surface area contributed by atoms with Gasteiger partial charge in [-0.2, -0.15) is 0 Å². The van der Waals surface area contributed by atoms with Crippen molar-refractivity contribution in [2.45, 2.75) is 58.3 Å². The lowest BCUT2D eigenvalue weighted by molar-refractivity contribution is -0.160. The second-order valence-corrected chi connectivity index (χ2v) is 4.99. The quantitative estimate of drug-likeness (QED) is 0.797. The molecule has 16 heavy (non-hydrogen) atoms. The molecule has 0 saturated carbocycles. The van der Waals surface area contributed by atoms with Gasteiger partial charge in [-0.15, -0.1) is 0 Å². The Balaban J connectivity index is 2.81. The van der Waals surface area contributed by atoms with Gasteiger partial charge in [0.05, 0.1) is 12.2 Å². The minimum absolute atomic E-state index is 0.110. The van der Waals surface area contributed by atoms with Crippen molar-refractivity contribution in [3.63, 3.8) is 0 Å². The minimum Gasteiger partial charge on any atom is -0.480 e. The second-order valence-electron chi connectivity index (χ2n) is 4.99. The lowest BCUT2D eigenvalue weighted by atomic mass is 9.92. The summed E-state index contributed by atoms with van der Waals surface area (Å²) in [6.07, 6.45) is 1.78. The van der Waals surface area contributed by atoms with E-state index < -0.39 is 11.5 Å². The number of morpholine rings is 1. The summed E-state index contributed by atoms with van der Waals surface area (Å²) in [4.78, 5) is 13.5. The molecule has 4 nitrogen and oxygen atoms in total. The fourth-order valence-electron chi connectivity index (χ4n) is 2.47. The zero-order valence-electron chi connectivity index (χ0n) is 10.7. The second kappa shape index (κ2) is 5.15. The van der Waals surface area contributed by atoms with Crippen molar-refractivity contribution in [3.05, 3.63) is 0 Å². The fraction of sp³-hybridized carbons (Fsp3) is 0.917. The van der Waals surface area contributed by atoms with Gasteiger partial charge < -0.3 is 9.84 Å². The first kappa shape index (κ1) is 13.5. The third kappa shape index (κ3) is 2.74. The summed E-state index contributed by atoms with van der Waals surface area (Å²) in [5, 5.41) is 9.41. The Morgan fingerprint density at radius 3 is 2.31 bits per heavy atom. The van der Waals surface area contributed by atoms with Crippen molar-refractivity contribution in [2.75, 3.05) is 13.1 Å². The van der Waals surface area contributed by atoms with Crippen molar-refractivity contribution in [1.29, 1.82) is 0 Å². The average Bonchev–Trinajstić information content (AvgIpc) is 2.16. The van der Waals surface area contributed by atoms with E-state index in [2.05, 4.69) is 4.90 Å². The molecular weight excluding hydrogens is 206 g/mol. The molecule has 0 bridgehead atoms. The molecule has 94 valence electrons. The molecule has 1 fully saturated rings. The fourth-order valence-corrected chi connectivity index (χ4v) is 2.47. The Morgan fingerprint density at radius 1 is 1.44 bits per heavy atom. The Morgan fingerprint density at radius 2 is 1.94 bits per heavy atom. The highest BCUT2D eigenvalue weighted by atomic mass is 16.5. The number of carboxylic acids is 1. The van der Waals surface area contributed by atoms with Gasteiger partial charge in [-0.25, -0.2) is 0 Å². The highest BCUT2D eigenvalue weighted by Crippen LogP contribution is 2.26. The van der Waals surface area contributed by atoms with Gasteiger partial charge in [-0.1, -0.05) is 13.3 Å². The highest BCUT2D eigenvalue weighted by Gasteiger charge is 2.41. The molecule has 0 aromatic rings. The molecule has 0 amide bonds. The van der Waals surface area contributed by atoms with E-state index in [1.165, 1.54) is 0 Å². The average molecular weight is 229 g/mol. The molecule has 1 N–H and O–H groups in total. The summed E-state index contributed by atoms with van der Waals surface area (Å²) >= 11 is 0. The molecule has 0 spiro atoms. The van der Waals surface area contributed by atoms with Crippen LogP contribution in [-0.2, 0) is 9.53 Å². The maximum absolute atomic E-state index is 11.4. The molecule has 0 aromatic heterocycles. The molecular formula is C12H23NO3. The van der Waals surface area contributed by atoms with E-state index >= 15 is 0 Å². The topological polar surface area (TPSA) is 49.8 Å². The summed E-state index contributed by atoms with van der Waals surface area (Å²) in [6, 6.07) is 0. The van der Waals surface area contributed by atoms with E-state index in [9.17, 15) is 9.90 Å². The van der Waals surface area contributed by atoms with Crippen LogP contribution in [0.2, 0.25) is 0 Å². The van der Waals surface area contributed by atoms with E-state index in [0.717, 1.165) is 6.42 Å². The smallest absolute Gasteiger partial charge is 0.323 e. The van der Waals surface area contributed by atoms with Gasteiger partial charge >= 0.3 is 5.97 Å². The van der Waals surface area contributed by atoms with Crippen LogP contribution >= 0.6 is 0 Å². The number of aliphatic carboxylic acids is 1. The summed E-state index contributed by atoms with van der Waals surface area (Å²) in [7, 11) is 0. The summed E-state index contributed by atoms with van der Waals surface area (Å²) < 4.78 is 5.63. The lowest BCUT2D eigenvalue weighted by Crippen LogP contribution is -2.59. The van der Waals surface area contributed by atoms with Crippen LogP contribution in [0.25, 0.3) is 0 Å². The Kier molecular flexibility index (Phi) is 4.33. The molecule has 0 aromatic carbocycles. The van der Waals surface area contributed by atoms with Crippen LogP contribution in [0.15, 0.2) is 0 Å². The van der Waals surface area contributed by atoms with Crippen LogP contribution in [0, 0.1) is 0 Å². The predicted octanol–water partition coefficient (Wildman–Crippen LogP) is 1.74. The van der Waals surface area contributed by atoms with Crippen molar-refractivity contribution in [3.8, 4) is 0 Å². The van der Waals surface area contributed by atoms with Gasteiger partial charge in [-0.05, 0) is 27.2 Å². The van der Waals surface area contributed by atoms with Gasteiger partial charge in [0.1, 0.15) is 5.54 Å². The number of nitrogens with zero attached hydrogens (tertiary/aromatic N) is 1. The zero-order valence-corrected chi connectivity index (χ0v) is 10.7. The van der Waals surface area contributed by atoms with Crippen LogP contribution in [0.1, 0.15) is 40.5 Å². The third-order valence-corrected chi connectivity index (χ3v) is 3.32. The van der Waals surface area contributed by atoms with E-state index in [4.69, 9.17) is 4.74 Å². The minimum atomic E-state index is -0.749.